The highest BCUT2D eigenvalue weighted by Crippen LogP contribution is 2.15. The molecule has 0 bridgehead atoms. The van der Waals surface area contributed by atoms with E-state index >= 15 is 0 Å². The Morgan fingerprint density at radius 1 is 1.24 bits per heavy atom. The molecule has 0 heterocycles. The summed E-state index contributed by atoms with van der Waals surface area (Å²) >= 11 is 0. The van der Waals surface area contributed by atoms with E-state index in [1.54, 1.807) is 43.2 Å². The Bertz CT molecular complexity index is 603. The first kappa shape index (κ1) is 20.6. The van der Waals surface area contributed by atoms with Crippen LogP contribution in [0, 0.1) is 5.92 Å². The summed E-state index contributed by atoms with van der Waals surface area (Å²) in [5.74, 6) is -1.22. The minimum Gasteiger partial charge on any atom is -0.469 e. The van der Waals surface area contributed by atoms with Gasteiger partial charge in [-0.25, -0.2) is 0 Å². The van der Waals surface area contributed by atoms with Gasteiger partial charge in [-0.3, -0.25) is 14.4 Å². The van der Waals surface area contributed by atoms with Crippen LogP contribution in [0.15, 0.2) is 24.3 Å². The van der Waals surface area contributed by atoms with Crippen LogP contribution in [0.25, 0.3) is 0 Å². The minimum atomic E-state index is -0.435. The van der Waals surface area contributed by atoms with E-state index in [0.717, 1.165) is 0 Å². The van der Waals surface area contributed by atoms with Crippen LogP contribution in [0.2, 0.25) is 0 Å². The van der Waals surface area contributed by atoms with Crippen LogP contribution in [-0.4, -0.2) is 56.6 Å². The zero-order chi connectivity index (χ0) is 18.8. The predicted molar refractivity (Wildman–Crippen MR) is 94.3 cm³/mol. The topological polar surface area (TPSA) is 84.9 Å². The van der Waals surface area contributed by atoms with Gasteiger partial charge in [0, 0.05) is 45.0 Å². The molecule has 0 spiro atoms. The Morgan fingerprint density at radius 3 is 2.56 bits per heavy atom. The Hall–Kier alpha value is -2.41. The highest BCUT2D eigenvalue weighted by Gasteiger charge is 2.22. The summed E-state index contributed by atoms with van der Waals surface area (Å²) in [5.41, 5.74) is 0.997. The predicted octanol–water partition coefficient (Wildman–Crippen LogP) is 1.93. The number of anilines is 1. The first-order valence-corrected chi connectivity index (χ1v) is 8.12. The van der Waals surface area contributed by atoms with Crippen molar-refractivity contribution in [2.75, 3.05) is 39.2 Å². The molecule has 1 atom stereocenters. The normalized spacial score (nSPS) is 11.5. The summed E-state index contributed by atoms with van der Waals surface area (Å²) in [7, 11) is 2.92. The fourth-order valence-electron chi connectivity index (χ4n) is 2.40. The lowest BCUT2D eigenvalue weighted by atomic mass is 10.1. The molecule has 0 saturated carbocycles. The number of benzene rings is 1. The Kier molecular flexibility index (Phi) is 8.63. The number of amides is 2. The van der Waals surface area contributed by atoms with Gasteiger partial charge in [-0.05, 0) is 24.6 Å². The molecule has 25 heavy (non-hydrogen) atoms. The average Bonchev–Trinajstić information content (AvgIpc) is 2.59. The van der Waals surface area contributed by atoms with Crippen molar-refractivity contribution in [1.82, 2.24) is 4.90 Å². The molecular formula is C18H26N2O5. The molecule has 1 unspecified atom stereocenters. The van der Waals surface area contributed by atoms with Crippen molar-refractivity contribution >= 4 is 23.5 Å². The second kappa shape index (κ2) is 10.5. The van der Waals surface area contributed by atoms with E-state index in [-0.39, 0.29) is 24.3 Å². The third kappa shape index (κ3) is 6.93. The number of rotatable bonds is 9. The maximum absolute atomic E-state index is 12.8. The van der Waals surface area contributed by atoms with Gasteiger partial charge in [-0.1, -0.05) is 13.0 Å². The van der Waals surface area contributed by atoms with Crippen molar-refractivity contribution in [3.63, 3.8) is 0 Å². The molecule has 7 heteroatoms. The molecule has 1 N–H and O–H groups in total. The largest absolute Gasteiger partial charge is 0.469 e. The Morgan fingerprint density at radius 2 is 1.96 bits per heavy atom. The standard InChI is InChI=1S/C18H26N2O5/c1-13(18(23)25-4)12-20(9-6-10-24-3)17(22)15-7-5-8-16(11-15)19-14(2)21/h5,7-8,11,13H,6,9-10,12H2,1-4H3,(H,19,21). The third-order valence-corrected chi connectivity index (χ3v) is 3.59. The van der Waals surface area contributed by atoms with Crippen molar-refractivity contribution in [3.05, 3.63) is 29.8 Å². The number of hydrogen-bond acceptors (Lipinski definition) is 5. The molecule has 0 aromatic heterocycles. The fraction of sp³-hybridized carbons (Fsp3) is 0.500. The maximum atomic E-state index is 12.8. The number of methoxy groups -OCH3 is 2. The molecule has 1 aromatic carbocycles. The van der Waals surface area contributed by atoms with E-state index in [0.29, 0.717) is 30.8 Å². The van der Waals surface area contributed by atoms with E-state index < -0.39 is 5.92 Å². The molecular weight excluding hydrogens is 324 g/mol. The molecule has 0 aliphatic carbocycles. The van der Waals surface area contributed by atoms with Crippen molar-refractivity contribution in [1.29, 1.82) is 0 Å². The molecule has 1 rings (SSSR count). The molecule has 1 aromatic rings. The second-order valence-electron chi connectivity index (χ2n) is 5.78. The first-order valence-electron chi connectivity index (χ1n) is 8.12. The van der Waals surface area contributed by atoms with Crippen LogP contribution in [0.1, 0.15) is 30.6 Å². The second-order valence-corrected chi connectivity index (χ2v) is 5.78. The van der Waals surface area contributed by atoms with Gasteiger partial charge in [0.25, 0.3) is 5.91 Å². The number of carbonyl (C=O) groups excluding carboxylic acids is 3. The first-order chi connectivity index (χ1) is 11.9. The van der Waals surface area contributed by atoms with Gasteiger partial charge in [-0.2, -0.15) is 0 Å². The van der Waals surface area contributed by atoms with Gasteiger partial charge in [0.2, 0.25) is 5.91 Å². The van der Waals surface area contributed by atoms with Gasteiger partial charge in [0.05, 0.1) is 13.0 Å². The van der Waals surface area contributed by atoms with E-state index in [2.05, 4.69) is 5.32 Å². The van der Waals surface area contributed by atoms with Crippen molar-refractivity contribution in [2.24, 2.45) is 5.92 Å². The molecule has 0 aliphatic rings. The molecule has 7 nitrogen and oxygen atoms in total. The molecule has 2 amide bonds. The molecule has 0 saturated heterocycles. The monoisotopic (exact) mass is 350 g/mol. The van der Waals surface area contributed by atoms with E-state index in [1.165, 1.54) is 14.0 Å². The Balaban J connectivity index is 2.93. The molecule has 0 radical (unpaired) electrons. The van der Waals surface area contributed by atoms with Gasteiger partial charge in [-0.15, -0.1) is 0 Å². The smallest absolute Gasteiger partial charge is 0.310 e. The van der Waals surface area contributed by atoms with E-state index in [9.17, 15) is 14.4 Å². The van der Waals surface area contributed by atoms with Crippen LogP contribution in [0.5, 0.6) is 0 Å². The third-order valence-electron chi connectivity index (χ3n) is 3.59. The fourth-order valence-corrected chi connectivity index (χ4v) is 2.40. The Labute approximate surface area is 148 Å². The van der Waals surface area contributed by atoms with Gasteiger partial charge in [0.1, 0.15) is 0 Å². The van der Waals surface area contributed by atoms with E-state index in [4.69, 9.17) is 9.47 Å². The number of nitrogens with one attached hydrogen (secondary N) is 1. The average molecular weight is 350 g/mol. The summed E-state index contributed by atoms with van der Waals surface area (Å²) in [6, 6.07) is 6.72. The lowest BCUT2D eigenvalue weighted by Crippen LogP contribution is -2.38. The van der Waals surface area contributed by atoms with Gasteiger partial charge >= 0.3 is 5.97 Å². The van der Waals surface area contributed by atoms with Gasteiger partial charge < -0.3 is 19.7 Å². The van der Waals surface area contributed by atoms with E-state index in [1.807, 2.05) is 0 Å². The summed E-state index contributed by atoms with van der Waals surface area (Å²) in [6.07, 6.45) is 0.654. The minimum absolute atomic E-state index is 0.208. The van der Waals surface area contributed by atoms with Crippen LogP contribution in [0.3, 0.4) is 0 Å². The summed E-state index contributed by atoms with van der Waals surface area (Å²) in [6.45, 7) is 4.35. The number of ether oxygens (including phenoxy) is 2. The van der Waals surface area contributed by atoms with Crippen LogP contribution in [-0.2, 0) is 19.1 Å². The van der Waals surface area contributed by atoms with Crippen molar-refractivity contribution < 1.29 is 23.9 Å². The lowest BCUT2D eigenvalue weighted by molar-refractivity contribution is -0.145. The summed E-state index contributed by atoms with van der Waals surface area (Å²) in [4.78, 5) is 37.3. The highest BCUT2D eigenvalue weighted by molar-refractivity contribution is 5.97. The number of hydrogen-bond donors (Lipinski definition) is 1. The zero-order valence-electron chi connectivity index (χ0n) is 15.2. The molecule has 138 valence electrons. The summed E-state index contributed by atoms with van der Waals surface area (Å²) in [5, 5.41) is 2.66. The van der Waals surface area contributed by atoms with Crippen LogP contribution < -0.4 is 5.32 Å². The number of carbonyl (C=O) groups is 3. The van der Waals surface area contributed by atoms with Crippen LogP contribution >= 0.6 is 0 Å². The number of nitrogens with zero attached hydrogens (tertiary/aromatic N) is 1. The SMILES string of the molecule is COCCCN(CC(C)C(=O)OC)C(=O)c1cccc(NC(C)=O)c1. The number of esters is 1. The molecule has 0 aliphatic heterocycles. The molecule has 0 fully saturated rings. The van der Waals surface area contributed by atoms with Crippen LogP contribution in [0.4, 0.5) is 5.69 Å². The quantitative estimate of drug-likeness (QED) is 0.543. The lowest BCUT2D eigenvalue weighted by Gasteiger charge is -2.25. The summed E-state index contributed by atoms with van der Waals surface area (Å²) < 4.78 is 9.77. The van der Waals surface area contributed by atoms with Gasteiger partial charge in [0.15, 0.2) is 0 Å². The van der Waals surface area contributed by atoms with Crippen molar-refractivity contribution in [3.8, 4) is 0 Å². The van der Waals surface area contributed by atoms with Crippen molar-refractivity contribution in [2.45, 2.75) is 20.3 Å². The zero-order valence-corrected chi connectivity index (χ0v) is 15.2. The highest BCUT2D eigenvalue weighted by atomic mass is 16.5. The maximum Gasteiger partial charge on any atom is 0.310 e.